The van der Waals surface area contributed by atoms with Crippen LogP contribution in [0.2, 0.25) is 0 Å². The Morgan fingerprint density at radius 3 is 2.44 bits per heavy atom. The average Bonchev–Trinajstić information content (AvgIpc) is 2.79. The number of carbonyl (C=O) groups is 3. The molecule has 0 atom stereocenters. The summed E-state index contributed by atoms with van der Waals surface area (Å²) in [5.41, 5.74) is 0.261. The Bertz CT molecular complexity index is 1160. The molecule has 2 heterocycles. The third kappa shape index (κ3) is 5.63. The van der Waals surface area contributed by atoms with Gasteiger partial charge in [0.25, 0.3) is 17.4 Å². The quantitative estimate of drug-likeness (QED) is 0.537. The molecule has 0 bridgehead atoms. The third-order valence-electron chi connectivity index (χ3n) is 5.21. The number of nitrogens with zero attached hydrogens (tertiary/aromatic N) is 1. The summed E-state index contributed by atoms with van der Waals surface area (Å²) in [5, 5.41) is 15.6. The molecule has 2 amide bonds. The van der Waals surface area contributed by atoms with Gasteiger partial charge in [-0.1, -0.05) is 12.1 Å². The van der Waals surface area contributed by atoms with E-state index in [1.54, 1.807) is 45.0 Å². The maximum Gasteiger partial charge on any atom is 0.325 e. The summed E-state index contributed by atoms with van der Waals surface area (Å²) < 4.78 is 12.0. The number of aromatic hydroxyl groups is 1. The van der Waals surface area contributed by atoms with E-state index in [1.165, 1.54) is 11.6 Å². The lowest BCUT2D eigenvalue weighted by Gasteiger charge is -2.24. The Kier molecular flexibility index (Phi) is 7.41. The predicted molar refractivity (Wildman–Crippen MR) is 123 cm³/mol. The Hall–Kier alpha value is -3.66. The molecule has 34 heavy (non-hydrogen) atoms. The van der Waals surface area contributed by atoms with Gasteiger partial charge in [0.1, 0.15) is 23.5 Å². The molecule has 3 rings (SSSR count). The second kappa shape index (κ2) is 10.1. The Morgan fingerprint density at radius 2 is 1.82 bits per heavy atom. The molecule has 0 saturated carbocycles. The third-order valence-corrected chi connectivity index (χ3v) is 5.21. The summed E-state index contributed by atoms with van der Waals surface area (Å²) in [6, 6.07) is 6.73. The molecule has 182 valence electrons. The first-order valence-corrected chi connectivity index (χ1v) is 10.9. The van der Waals surface area contributed by atoms with E-state index in [9.17, 15) is 24.3 Å². The van der Waals surface area contributed by atoms with Crippen LogP contribution in [0.5, 0.6) is 5.75 Å². The fourth-order valence-corrected chi connectivity index (χ4v) is 3.67. The normalized spacial score (nSPS) is 13.1. The van der Waals surface area contributed by atoms with Gasteiger partial charge in [0, 0.05) is 30.3 Å². The molecule has 1 aromatic heterocycles. The van der Waals surface area contributed by atoms with Crippen LogP contribution >= 0.6 is 0 Å². The molecule has 0 unspecified atom stereocenters. The standard InChI is InChI=1S/C24H29N3O7/c1-24(2,3)34-18(28)11-26-22(31)19-20(29)16-13-33-10-9-17(16)27(23(19)32)12-14-5-7-15(8-6-14)21(30)25-4/h5-8,29H,9-13H2,1-4H3,(H,25,30)(H,26,31). The Labute approximate surface area is 196 Å². The van der Waals surface area contributed by atoms with Crippen LogP contribution in [-0.4, -0.2) is 53.3 Å². The van der Waals surface area contributed by atoms with Crippen LogP contribution in [0.15, 0.2) is 29.1 Å². The molecule has 0 spiro atoms. The Balaban J connectivity index is 1.93. The molecule has 0 radical (unpaired) electrons. The maximum atomic E-state index is 13.3. The summed E-state index contributed by atoms with van der Waals surface area (Å²) in [6.07, 6.45) is 0.383. The summed E-state index contributed by atoms with van der Waals surface area (Å²) in [6.45, 7) is 5.17. The number of esters is 1. The van der Waals surface area contributed by atoms with E-state index in [-0.39, 0.29) is 19.1 Å². The number of benzene rings is 1. The van der Waals surface area contributed by atoms with E-state index < -0.39 is 40.9 Å². The molecule has 0 saturated heterocycles. The lowest BCUT2D eigenvalue weighted by atomic mass is 10.0. The molecule has 0 aliphatic carbocycles. The van der Waals surface area contributed by atoms with Gasteiger partial charge in [-0.2, -0.15) is 0 Å². The number of rotatable bonds is 6. The molecule has 3 N–H and O–H groups in total. The SMILES string of the molecule is CNC(=O)c1ccc(Cn2c3c(c(O)c(C(=O)NCC(=O)OC(C)(C)C)c2=O)COCC3)cc1. The highest BCUT2D eigenvalue weighted by molar-refractivity contribution is 5.98. The van der Waals surface area contributed by atoms with Crippen molar-refractivity contribution in [3.8, 4) is 5.75 Å². The van der Waals surface area contributed by atoms with Crippen LogP contribution in [0.25, 0.3) is 0 Å². The van der Waals surface area contributed by atoms with Crippen LogP contribution in [0.4, 0.5) is 0 Å². The van der Waals surface area contributed by atoms with Gasteiger partial charge in [0.2, 0.25) is 0 Å². The minimum atomic E-state index is -0.884. The zero-order chi connectivity index (χ0) is 25.0. The highest BCUT2D eigenvalue weighted by atomic mass is 16.6. The van der Waals surface area contributed by atoms with E-state index in [4.69, 9.17) is 9.47 Å². The van der Waals surface area contributed by atoms with Crippen molar-refractivity contribution in [2.75, 3.05) is 20.2 Å². The van der Waals surface area contributed by atoms with Gasteiger partial charge in [-0.3, -0.25) is 19.2 Å². The first kappa shape index (κ1) is 25.0. The lowest BCUT2D eigenvalue weighted by molar-refractivity contribution is -0.153. The van der Waals surface area contributed by atoms with E-state index in [2.05, 4.69) is 10.6 Å². The number of amides is 2. The molecule has 1 aromatic carbocycles. The molecular formula is C24H29N3O7. The van der Waals surface area contributed by atoms with Crippen molar-refractivity contribution < 1.29 is 29.0 Å². The highest BCUT2D eigenvalue weighted by Gasteiger charge is 2.28. The molecule has 1 aliphatic heterocycles. The summed E-state index contributed by atoms with van der Waals surface area (Å²) in [5.74, 6) is -2.23. The van der Waals surface area contributed by atoms with Crippen LogP contribution < -0.4 is 16.2 Å². The maximum absolute atomic E-state index is 13.3. The zero-order valence-electron chi connectivity index (χ0n) is 19.7. The van der Waals surface area contributed by atoms with Crippen molar-refractivity contribution in [3.63, 3.8) is 0 Å². The van der Waals surface area contributed by atoms with Gasteiger partial charge in [-0.25, -0.2) is 0 Å². The molecule has 10 nitrogen and oxygen atoms in total. The largest absolute Gasteiger partial charge is 0.506 e. The van der Waals surface area contributed by atoms with Crippen LogP contribution in [-0.2, 0) is 33.8 Å². The number of fused-ring (bicyclic) bond motifs is 1. The van der Waals surface area contributed by atoms with Gasteiger partial charge in [0.05, 0.1) is 19.8 Å². The predicted octanol–water partition coefficient (Wildman–Crippen LogP) is 1.11. The summed E-state index contributed by atoms with van der Waals surface area (Å²) in [4.78, 5) is 49.9. The smallest absolute Gasteiger partial charge is 0.325 e. The first-order valence-electron chi connectivity index (χ1n) is 10.9. The van der Waals surface area contributed by atoms with Gasteiger partial charge < -0.3 is 29.8 Å². The number of ether oxygens (including phenoxy) is 2. The topological polar surface area (TPSA) is 136 Å². The molecule has 0 fully saturated rings. The second-order valence-corrected chi connectivity index (χ2v) is 8.89. The Morgan fingerprint density at radius 1 is 1.15 bits per heavy atom. The van der Waals surface area contributed by atoms with Crippen LogP contribution in [0, 0.1) is 0 Å². The van der Waals surface area contributed by atoms with E-state index in [1.807, 2.05) is 0 Å². The van der Waals surface area contributed by atoms with E-state index in [0.29, 0.717) is 29.8 Å². The number of hydrogen-bond acceptors (Lipinski definition) is 7. The van der Waals surface area contributed by atoms with Gasteiger partial charge in [0.15, 0.2) is 0 Å². The summed E-state index contributed by atoms with van der Waals surface area (Å²) in [7, 11) is 1.54. The number of aromatic nitrogens is 1. The minimum Gasteiger partial charge on any atom is -0.506 e. The zero-order valence-corrected chi connectivity index (χ0v) is 19.7. The average molecular weight is 472 g/mol. The fourth-order valence-electron chi connectivity index (χ4n) is 3.67. The van der Waals surface area contributed by atoms with Gasteiger partial charge >= 0.3 is 5.97 Å². The first-order chi connectivity index (χ1) is 16.0. The number of hydrogen-bond donors (Lipinski definition) is 3. The van der Waals surface area contributed by atoms with Crippen molar-refractivity contribution >= 4 is 17.8 Å². The molecule has 10 heteroatoms. The van der Waals surface area contributed by atoms with Crippen molar-refractivity contribution in [2.24, 2.45) is 0 Å². The number of nitrogens with one attached hydrogen (secondary N) is 2. The lowest BCUT2D eigenvalue weighted by Crippen LogP contribution is -2.39. The van der Waals surface area contributed by atoms with Gasteiger partial charge in [-0.15, -0.1) is 0 Å². The number of pyridine rings is 1. The van der Waals surface area contributed by atoms with E-state index in [0.717, 1.165) is 5.56 Å². The van der Waals surface area contributed by atoms with Crippen LogP contribution in [0.1, 0.15) is 58.3 Å². The minimum absolute atomic E-state index is 0.0450. The van der Waals surface area contributed by atoms with Gasteiger partial charge in [-0.05, 0) is 38.5 Å². The molecule has 2 aromatic rings. The van der Waals surface area contributed by atoms with Crippen LogP contribution in [0.3, 0.4) is 0 Å². The second-order valence-electron chi connectivity index (χ2n) is 8.89. The van der Waals surface area contributed by atoms with Crippen molar-refractivity contribution in [1.82, 2.24) is 15.2 Å². The monoisotopic (exact) mass is 471 g/mol. The van der Waals surface area contributed by atoms with E-state index >= 15 is 0 Å². The highest BCUT2D eigenvalue weighted by Crippen LogP contribution is 2.28. The fraction of sp³-hybridized carbons (Fsp3) is 0.417. The molecular weight excluding hydrogens is 442 g/mol. The number of carbonyl (C=O) groups excluding carboxylic acids is 3. The molecule has 1 aliphatic rings. The van der Waals surface area contributed by atoms with Crippen molar-refractivity contribution in [2.45, 2.75) is 45.9 Å². The van der Waals surface area contributed by atoms with Crippen molar-refractivity contribution in [3.05, 3.63) is 62.6 Å². The summed E-state index contributed by atoms with van der Waals surface area (Å²) >= 11 is 0. The van der Waals surface area contributed by atoms with Crippen molar-refractivity contribution in [1.29, 1.82) is 0 Å².